The Labute approximate surface area is 222 Å². The topological polar surface area (TPSA) is 121 Å². The average molecular weight is 545 g/mol. The molecule has 9 nitrogen and oxygen atoms in total. The molecular weight excluding hydrogens is 517 g/mol. The average Bonchev–Trinajstić information content (AvgIpc) is 2.88. The molecule has 0 radical (unpaired) electrons. The number of aryl methyl sites for hydroxylation is 1. The number of halogens is 3. The standard InChI is InChI=1S/C27H27F3N4O5/c1-15(2)34(24(35)18-7-5-16(3)6-8-18)22-10-9-19(12-20(22)25(36)37)39-23-21(27(28,29)30)11-17(13-32-23)14-33-26(38)31-4/h5-13,15H,14H2,1-4H3,(H,36,37)(H2,31,33,38). The number of alkyl halides is 3. The fourth-order valence-electron chi connectivity index (χ4n) is 3.68. The Morgan fingerprint density at radius 1 is 1.08 bits per heavy atom. The summed E-state index contributed by atoms with van der Waals surface area (Å²) in [5, 5.41) is 14.5. The van der Waals surface area contributed by atoms with Gasteiger partial charge in [-0.25, -0.2) is 14.6 Å². The van der Waals surface area contributed by atoms with E-state index in [0.29, 0.717) is 5.56 Å². The first kappa shape index (κ1) is 29.0. The van der Waals surface area contributed by atoms with Gasteiger partial charge in [0, 0.05) is 31.4 Å². The Hall–Kier alpha value is -4.61. The number of carboxylic acids is 1. The number of ether oxygens (including phenoxy) is 1. The largest absolute Gasteiger partial charge is 0.478 e. The van der Waals surface area contributed by atoms with E-state index in [1.807, 2.05) is 6.92 Å². The Balaban J connectivity index is 1.98. The molecule has 0 aliphatic heterocycles. The summed E-state index contributed by atoms with van der Waals surface area (Å²) in [7, 11) is 1.36. The molecule has 3 aromatic rings. The van der Waals surface area contributed by atoms with Crippen molar-refractivity contribution in [2.75, 3.05) is 11.9 Å². The van der Waals surface area contributed by atoms with Crippen molar-refractivity contribution in [1.29, 1.82) is 0 Å². The van der Waals surface area contributed by atoms with E-state index >= 15 is 0 Å². The molecule has 1 aromatic heterocycles. The lowest BCUT2D eigenvalue weighted by molar-refractivity contribution is -0.138. The Kier molecular flexibility index (Phi) is 8.79. The predicted molar refractivity (Wildman–Crippen MR) is 137 cm³/mol. The monoisotopic (exact) mass is 544 g/mol. The van der Waals surface area contributed by atoms with Crippen LogP contribution in [0.15, 0.2) is 54.7 Å². The van der Waals surface area contributed by atoms with Crippen LogP contribution in [-0.4, -0.2) is 41.1 Å². The number of aromatic nitrogens is 1. The molecule has 0 unspecified atom stereocenters. The van der Waals surface area contributed by atoms with Gasteiger partial charge in [-0.15, -0.1) is 0 Å². The number of carboxylic acid groups (broad SMARTS) is 1. The van der Waals surface area contributed by atoms with Crippen molar-refractivity contribution in [3.63, 3.8) is 0 Å². The van der Waals surface area contributed by atoms with Gasteiger partial charge in [0.1, 0.15) is 11.3 Å². The Bertz CT molecular complexity index is 1370. The third kappa shape index (κ3) is 7.03. The van der Waals surface area contributed by atoms with Crippen LogP contribution < -0.4 is 20.3 Å². The number of amides is 3. The van der Waals surface area contributed by atoms with Crippen LogP contribution in [0.1, 0.15) is 51.3 Å². The second kappa shape index (κ2) is 11.8. The number of benzene rings is 2. The van der Waals surface area contributed by atoms with Crippen molar-refractivity contribution in [2.24, 2.45) is 0 Å². The summed E-state index contributed by atoms with van der Waals surface area (Å²) in [4.78, 5) is 41.8. The van der Waals surface area contributed by atoms with Gasteiger partial charge in [-0.1, -0.05) is 17.7 Å². The van der Waals surface area contributed by atoms with Crippen LogP contribution in [0.25, 0.3) is 0 Å². The van der Waals surface area contributed by atoms with Gasteiger partial charge in [0.15, 0.2) is 0 Å². The number of hydrogen-bond donors (Lipinski definition) is 3. The quantitative estimate of drug-likeness (QED) is 0.350. The maximum absolute atomic E-state index is 13.8. The Morgan fingerprint density at radius 3 is 2.31 bits per heavy atom. The van der Waals surface area contributed by atoms with Gasteiger partial charge in [0.2, 0.25) is 5.88 Å². The Morgan fingerprint density at radius 2 is 1.74 bits per heavy atom. The number of hydrogen-bond acceptors (Lipinski definition) is 5. The fourth-order valence-corrected chi connectivity index (χ4v) is 3.68. The lowest BCUT2D eigenvalue weighted by Crippen LogP contribution is -2.38. The van der Waals surface area contributed by atoms with Crippen LogP contribution in [-0.2, 0) is 12.7 Å². The predicted octanol–water partition coefficient (Wildman–Crippen LogP) is 5.38. The van der Waals surface area contributed by atoms with Crippen LogP contribution in [0.3, 0.4) is 0 Å². The number of anilines is 1. The van der Waals surface area contributed by atoms with Crippen molar-refractivity contribution < 1.29 is 37.4 Å². The molecule has 0 saturated carbocycles. The van der Waals surface area contributed by atoms with Crippen molar-refractivity contribution >= 4 is 23.6 Å². The number of carbonyl (C=O) groups is 3. The van der Waals surface area contributed by atoms with Gasteiger partial charge in [0.25, 0.3) is 5.91 Å². The highest BCUT2D eigenvalue weighted by Gasteiger charge is 2.36. The van der Waals surface area contributed by atoms with Crippen molar-refractivity contribution in [1.82, 2.24) is 15.6 Å². The molecule has 0 bridgehead atoms. The number of rotatable bonds is 8. The van der Waals surface area contributed by atoms with E-state index in [2.05, 4.69) is 15.6 Å². The van der Waals surface area contributed by atoms with E-state index in [4.69, 9.17) is 4.74 Å². The molecule has 0 saturated heterocycles. The van der Waals surface area contributed by atoms with Crippen LogP contribution in [0.2, 0.25) is 0 Å². The summed E-state index contributed by atoms with van der Waals surface area (Å²) in [5.74, 6) is -2.87. The zero-order valence-electron chi connectivity index (χ0n) is 21.6. The highest BCUT2D eigenvalue weighted by Crippen LogP contribution is 2.38. The molecule has 206 valence electrons. The second-order valence-corrected chi connectivity index (χ2v) is 8.85. The fraction of sp³-hybridized carbons (Fsp3) is 0.259. The summed E-state index contributed by atoms with van der Waals surface area (Å²) in [6.45, 7) is 5.07. The van der Waals surface area contributed by atoms with E-state index in [0.717, 1.165) is 23.9 Å². The van der Waals surface area contributed by atoms with Gasteiger partial charge in [-0.3, -0.25) is 4.79 Å². The molecule has 3 rings (SSSR count). The lowest BCUT2D eigenvalue weighted by Gasteiger charge is -2.28. The van der Waals surface area contributed by atoms with Gasteiger partial charge < -0.3 is 25.4 Å². The molecule has 0 aliphatic rings. The highest BCUT2D eigenvalue weighted by molar-refractivity contribution is 6.09. The van der Waals surface area contributed by atoms with E-state index in [9.17, 15) is 32.7 Å². The summed E-state index contributed by atoms with van der Waals surface area (Å²) in [6.07, 6.45) is -3.75. The van der Waals surface area contributed by atoms with Crippen LogP contribution >= 0.6 is 0 Å². The van der Waals surface area contributed by atoms with Crippen LogP contribution in [0.4, 0.5) is 23.7 Å². The number of carbonyl (C=O) groups excluding carboxylic acids is 2. The molecule has 3 amide bonds. The number of nitrogens with one attached hydrogen (secondary N) is 2. The van der Waals surface area contributed by atoms with Crippen molar-refractivity contribution in [2.45, 2.75) is 39.5 Å². The normalized spacial score (nSPS) is 11.2. The third-order valence-electron chi connectivity index (χ3n) is 5.60. The van der Waals surface area contributed by atoms with Gasteiger partial charge in [-0.05, 0) is 62.7 Å². The maximum atomic E-state index is 13.8. The number of pyridine rings is 1. The van der Waals surface area contributed by atoms with Crippen molar-refractivity contribution in [3.05, 3.63) is 82.5 Å². The lowest BCUT2D eigenvalue weighted by atomic mass is 10.1. The molecule has 2 aromatic carbocycles. The number of urea groups is 1. The zero-order chi connectivity index (χ0) is 28.9. The van der Waals surface area contributed by atoms with Crippen LogP contribution in [0.5, 0.6) is 11.6 Å². The molecule has 0 spiro atoms. The van der Waals surface area contributed by atoms with E-state index in [1.165, 1.54) is 24.1 Å². The summed E-state index contributed by atoms with van der Waals surface area (Å²) >= 11 is 0. The van der Waals surface area contributed by atoms with Gasteiger partial charge in [-0.2, -0.15) is 13.2 Å². The molecule has 3 N–H and O–H groups in total. The SMILES string of the molecule is CNC(=O)NCc1cnc(Oc2ccc(N(C(=O)c3ccc(C)cc3)C(C)C)c(C(=O)O)c2)c(C(F)(F)F)c1. The molecule has 39 heavy (non-hydrogen) atoms. The number of nitrogens with zero attached hydrogens (tertiary/aromatic N) is 2. The summed E-state index contributed by atoms with van der Waals surface area (Å²) in [5.41, 5.74) is -0.148. The first-order chi connectivity index (χ1) is 18.3. The molecule has 12 heteroatoms. The van der Waals surface area contributed by atoms with Gasteiger partial charge in [0.05, 0.1) is 11.3 Å². The first-order valence-electron chi connectivity index (χ1n) is 11.8. The second-order valence-electron chi connectivity index (χ2n) is 8.85. The van der Waals surface area contributed by atoms with E-state index < -0.39 is 41.6 Å². The molecule has 0 fully saturated rings. The molecule has 0 atom stereocenters. The van der Waals surface area contributed by atoms with E-state index in [-0.39, 0.29) is 29.1 Å². The molecule has 1 heterocycles. The first-order valence-corrected chi connectivity index (χ1v) is 11.8. The minimum atomic E-state index is -4.85. The van der Waals surface area contributed by atoms with Crippen molar-refractivity contribution in [3.8, 4) is 11.6 Å². The summed E-state index contributed by atoms with van der Waals surface area (Å²) in [6, 6.07) is 10.1. The maximum Gasteiger partial charge on any atom is 0.421 e. The van der Waals surface area contributed by atoms with Crippen LogP contribution in [0, 0.1) is 6.92 Å². The molecule has 0 aliphatic carbocycles. The minimum Gasteiger partial charge on any atom is -0.478 e. The zero-order valence-corrected chi connectivity index (χ0v) is 21.6. The van der Waals surface area contributed by atoms with Gasteiger partial charge >= 0.3 is 18.2 Å². The summed E-state index contributed by atoms with van der Waals surface area (Å²) < 4.78 is 46.7. The van der Waals surface area contributed by atoms with E-state index in [1.54, 1.807) is 38.1 Å². The minimum absolute atomic E-state index is 0.0510. The molecular formula is C27H27F3N4O5. The number of aromatic carboxylic acids is 1. The third-order valence-corrected chi connectivity index (χ3v) is 5.60. The smallest absolute Gasteiger partial charge is 0.421 e. The highest BCUT2D eigenvalue weighted by atomic mass is 19.4.